The maximum Gasteiger partial charge on any atom is 0.462 e. The summed E-state index contributed by atoms with van der Waals surface area (Å²) in [5, 5.41) is 0. The molecule has 0 radical (unpaired) electrons. The zero-order valence-electron chi connectivity index (χ0n) is 10.0. The van der Waals surface area contributed by atoms with Crippen LogP contribution in [0.1, 0.15) is 12.8 Å². The first-order valence-corrected chi connectivity index (χ1v) is 5.50. The second-order valence-electron chi connectivity index (χ2n) is 4.30. The van der Waals surface area contributed by atoms with Crippen LogP contribution in [0.3, 0.4) is 0 Å². The lowest BCUT2D eigenvalue weighted by Gasteiger charge is -2.33. The third kappa shape index (κ3) is 3.35. The minimum atomic E-state index is -6.81. The lowest BCUT2D eigenvalue weighted by atomic mass is 10.3. The number of halogens is 10. The van der Waals surface area contributed by atoms with Crippen LogP contribution in [0, 0.1) is 0 Å². The van der Waals surface area contributed by atoms with Gasteiger partial charge in [0.1, 0.15) is 0 Å². The van der Waals surface area contributed by atoms with E-state index in [1.54, 1.807) is 0 Å². The highest BCUT2D eigenvalue weighted by Crippen LogP contribution is 2.48. The molecule has 1 heterocycles. The molecule has 12 heteroatoms. The molecule has 0 amide bonds. The van der Waals surface area contributed by atoms with Gasteiger partial charge in [-0.3, -0.25) is 4.74 Å². The fraction of sp³-hybridized carbons (Fsp3) is 1.00. The minimum absolute atomic E-state index is 0.0273. The fourth-order valence-corrected chi connectivity index (χ4v) is 1.60. The lowest BCUT2D eigenvalue weighted by molar-refractivity contribution is -0.456. The first-order valence-electron chi connectivity index (χ1n) is 5.50. The number of nitrogens with zero attached hydrogens (tertiary/aromatic N) is 1. The Labute approximate surface area is 111 Å². The molecule has 1 aliphatic heterocycles. The quantitative estimate of drug-likeness (QED) is 0.559. The molecule has 1 atom stereocenters. The van der Waals surface area contributed by atoms with Gasteiger partial charge in [-0.05, 0) is 12.8 Å². The van der Waals surface area contributed by atoms with Crippen LogP contribution in [0.25, 0.3) is 0 Å². The molecule has 0 spiro atoms. The van der Waals surface area contributed by atoms with Gasteiger partial charge in [-0.25, -0.2) is 9.29 Å². The molecule has 2 nitrogen and oxygen atoms in total. The maximum atomic E-state index is 13.3. The molecule has 0 aromatic carbocycles. The van der Waals surface area contributed by atoms with Crippen molar-refractivity contribution >= 4 is 0 Å². The van der Waals surface area contributed by atoms with E-state index < -0.39 is 43.7 Å². The molecule has 1 saturated heterocycles. The molecule has 1 fully saturated rings. The van der Waals surface area contributed by atoms with Crippen molar-refractivity contribution in [2.24, 2.45) is 0 Å². The largest absolute Gasteiger partial charge is 0.462 e. The van der Waals surface area contributed by atoms with Gasteiger partial charge < -0.3 is 0 Å². The van der Waals surface area contributed by atoms with Gasteiger partial charge in [-0.1, -0.05) is 0 Å². The van der Waals surface area contributed by atoms with Crippen molar-refractivity contribution in [1.29, 1.82) is 0 Å². The topological polar surface area (TPSA) is 12.5 Å². The van der Waals surface area contributed by atoms with Gasteiger partial charge in [0.25, 0.3) is 6.36 Å². The Kier molecular flexibility index (Phi) is 4.74. The average molecular weight is 337 g/mol. The van der Waals surface area contributed by atoms with Crippen molar-refractivity contribution in [3.63, 3.8) is 0 Å². The third-order valence-corrected chi connectivity index (χ3v) is 2.77. The van der Waals surface area contributed by atoms with Crippen molar-refractivity contribution in [2.45, 2.75) is 43.5 Å². The number of rotatable bonds is 5. The molecular weight excluding hydrogens is 328 g/mol. The molecule has 126 valence electrons. The molecule has 0 N–H and O–H groups in total. The molecule has 0 bridgehead atoms. The molecule has 0 aliphatic carbocycles. The Balaban J connectivity index is 2.87. The Hall–Kier alpha value is -0.780. The molecule has 21 heavy (non-hydrogen) atoms. The smallest absolute Gasteiger partial charge is 0.273 e. The van der Waals surface area contributed by atoms with Crippen LogP contribution in [0.15, 0.2) is 0 Å². The van der Waals surface area contributed by atoms with Gasteiger partial charge in [-0.2, -0.15) is 39.5 Å². The highest BCUT2D eigenvalue weighted by Gasteiger charge is 2.76. The second kappa shape index (κ2) is 5.45. The second-order valence-corrected chi connectivity index (χ2v) is 4.30. The highest BCUT2D eigenvalue weighted by molar-refractivity contribution is 4.87. The zero-order valence-corrected chi connectivity index (χ0v) is 10.0. The Morgan fingerprint density at radius 3 is 1.62 bits per heavy atom. The van der Waals surface area contributed by atoms with Gasteiger partial charge in [0, 0.05) is 13.1 Å². The maximum absolute atomic E-state index is 13.3. The van der Waals surface area contributed by atoms with Crippen molar-refractivity contribution in [3.05, 3.63) is 0 Å². The predicted octanol–water partition coefficient (Wildman–Crippen LogP) is 3.78. The molecule has 1 unspecified atom stereocenters. The van der Waals surface area contributed by atoms with E-state index in [9.17, 15) is 43.9 Å². The zero-order chi connectivity index (χ0) is 16.7. The van der Waals surface area contributed by atoms with E-state index in [4.69, 9.17) is 0 Å². The van der Waals surface area contributed by atoms with Crippen LogP contribution in [-0.4, -0.2) is 48.6 Å². The summed E-state index contributed by atoms with van der Waals surface area (Å²) in [5.41, 5.74) is 0. The highest BCUT2D eigenvalue weighted by atomic mass is 19.4. The minimum Gasteiger partial charge on any atom is -0.273 e. The van der Waals surface area contributed by atoms with Crippen molar-refractivity contribution < 1.29 is 48.6 Å². The summed E-state index contributed by atoms with van der Waals surface area (Å²) in [6.45, 7) is -0.865. The van der Waals surface area contributed by atoms with E-state index in [1.807, 2.05) is 0 Å². The lowest BCUT2D eigenvalue weighted by Crippen LogP contribution is -2.57. The summed E-state index contributed by atoms with van der Waals surface area (Å²) in [5.74, 6) is -6.81. The van der Waals surface area contributed by atoms with Gasteiger partial charge in [0.05, 0.1) is 0 Å². The van der Waals surface area contributed by atoms with E-state index in [-0.39, 0.29) is 17.7 Å². The van der Waals surface area contributed by atoms with Crippen molar-refractivity contribution in [2.75, 3.05) is 13.1 Å². The van der Waals surface area contributed by atoms with Crippen molar-refractivity contribution in [1.82, 2.24) is 4.90 Å². The van der Waals surface area contributed by atoms with Crippen LogP contribution in [-0.2, 0) is 4.74 Å². The molecule has 1 rings (SSSR count). The molecule has 0 aromatic heterocycles. The van der Waals surface area contributed by atoms with Gasteiger partial charge in [-0.15, -0.1) is 0 Å². The van der Waals surface area contributed by atoms with E-state index in [2.05, 4.69) is 4.74 Å². The standard InChI is InChI=1S/C9H9F10NO/c10-5(6(11,12)20-3-1-2-4-20)21-9(18,19)7(13,14)8(15,16)17/h5H,1-4H2. The third-order valence-electron chi connectivity index (χ3n) is 2.77. The first kappa shape index (κ1) is 18.3. The molecule has 0 aromatic rings. The first-order chi connectivity index (χ1) is 9.23. The van der Waals surface area contributed by atoms with Crippen LogP contribution in [0.4, 0.5) is 43.9 Å². The average Bonchev–Trinajstić information content (AvgIpc) is 2.80. The SMILES string of the molecule is FC(OC(F)(F)C(F)(F)C(F)(F)F)C(F)(F)N1CCCC1. The number of ether oxygens (including phenoxy) is 1. The Morgan fingerprint density at radius 1 is 0.810 bits per heavy atom. The van der Waals surface area contributed by atoms with Gasteiger partial charge in [0.15, 0.2) is 0 Å². The summed E-state index contributed by atoms with van der Waals surface area (Å²) < 4.78 is 128. The van der Waals surface area contributed by atoms with Crippen LogP contribution < -0.4 is 0 Å². The predicted molar refractivity (Wildman–Crippen MR) is 47.7 cm³/mol. The van der Waals surface area contributed by atoms with Crippen molar-refractivity contribution in [3.8, 4) is 0 Å². The molecule has 0 saturated carbocycles. The van der Waals surface area contributed by atoms with E-state index in [0.717, 1.165) is 0 Å². The molecule has 1 aliphatic rings. The Morgan fingerprint density at radius 2 is 1.24 bits per heavy atom. The van der Waals surface area contributed by atoms with E-state index in [1.165, 1.54) is 0 Å². The van der Waals surface area contributed by atoms with Gasteiger partial charge >= 0.3 is 24.3 Å². The summed E-state index contributed by atoms with van der Waals surface area (Å²) >= 11 is 0. The van der Waals surface area contributed by atoms with Crippen LogP contribution in [0.2, 0.25) is 0 Å². The normalized spacial score (nSPS) is 20.9. The summed E-state index contributed by atoms with van der Waals surface area (Å²) in [6, 6.07) is -4.75. The number of hydrogen-bond acceptors (Lipinski definition) is 2. The summed E-state index contributed by atoms with van der Waals surface area (Å²) in [4.78, 5) is 0.0273. The summed E-state index contributed by atoms with van der Waals surface area (Å²) in [7, 11) is 0. The van der Waals surface area contributed by atoms with E-state index in [0.29, 0.717) is 0 Å². The van der Waals surface area contributed by atoms with Crippen LogP contribution in [0.5, 0.6) is 0 Å². The molecular formula is C9H9F10NO. The van der Waals surface area contributed by atoms with E-state index >= 15 is 0 Å². The van der Waals surface area contributed by atoms with Crippen LogP contribution >= 0.6 is 0 Å². The number of alkyl halides is 10. The van der Waals surface area contributed by atoms with Gasteiger partial charge in [0.2, 0.25) is 0 Å². The Bertz CT molecular complexity index is 362. The summed E-state index contributed by atoms with van der Waals surface area (Å²) in [6.07, 6.45) is -17.3. The fourth-order valence-electron chi connectivity index (χ4n) is 1.60. The number of likely N-dealkylation sites (tertiary alicyclic amines) is 1. The number of hydrogen-bond donors (Lipinski definition) is 0. The monoisotopic (exact) mass is 337 g/mol.